The van der Waals surface area contributed by atoms with Gasteiger partial charge in [-0.05, 0) is 52.9 Å². The Labute approximate surface area is 152 Å². The summed E-state index contributed by atoms with van der Waals surface area (Å²) in [5, 5.41) is 13.2. The van der Waals surface area contributed by atoms with E-state index < -0.39 is 11.7 Å². The highest BCUT2D eigenvalue weighted by molar-refractivity contribution is 5.67. The molecule has 0 bridgehead atoms. The lowest BCUT2D eigenvalue weighted by molar-refractivity contribution is -0.137. The van der Waals surface area contributed by atoms with Crippen molar-refractivity contribution in [3.05, 3.63) is 84.3 Å². The Morgan fingerprint density at radius 1 is 0.926 bits per heavy atom. The summed E-state index contributed by atoms with van der Waals surface area (Å²) in [5.41, 5.74) is 3.96. The molecule has 0 atom stereocenters. The van der Waals surface area contributed by atoms with Crippen molar-refractivity contribution in [2.45, 2.75) is 6.18 Å². The highest BCUT2D eigenvalue weighted by Gasteiger charge is 2.31. The first-order valence-electron chi connectivity index (χ1n) is 7.98. The van der Waals surface area contributed by atoms with Gasteiger partial charge in [0.1, 0.15) is 5.70 Å². The molecule has 0 saturated heterocycles. The molecule has 0 radical (unpaired) electrons. The van der Waals surface area contributed by atoms with E-state index in [4.69, 9.17) is 0 Å². The third-order valence-electron chi connectivity index (χ3n) is 3.90. The quantitative estimate of drug-likeness (QED) is 0.764. The molecule has 6 nitrogen and oxygen atoms in total. The van der Waals surface area contributed by atoms with Crippen LogP contribution >= 0.6 is 0 Å². The molecule has 9 heteroatoms. The number of nitrogens with one attached hydrogen (secondary N) is 1. The van der Waals surface area contributed by atoms with Crippen LogP contribution in [0.5, 0.6) is 0 Å². The number of alkyl halides is 3. The standard InChI is InChI=1S/C18H13F3N6/c19-18(20,21)13-6-4-9-15(12-13)26-11-5-10-16(23-26)17-22-24-25-27(17)14-7-2-1-3-8-14/h1-12,23H. The molecule has 1 aliphatic heterocycles. The van der Waals surface area contributed by atoms with E-state index >= 15 is 0 Å². The third-order valence-corrected chi connectivity index (χ3v) is 3.90. The monoisotopic (exact) mass is 370 g/mol. The smallest absolute Gasteiger partial charge is 0.290 e. The number of halogens is 3. The zero-order valence-electron chi connectivity index (χ0n) is 13.8. The van der Waals surface area contributed by atoms with E-state index in [-0.39, 0.29) is 0 Å². The van der Waals surface area contributed by atoms with E-state index in [1.54, 1.807) is 29.1 Å². The topological polar surface area (TPSA) is 58.9 Å². The summed E-state index contributed by atoms with van der Waals surface area (Å²) in [6, 6.07) is 14.3. The summed E-state index contributed by atoms with van der Waals surface area (Å²) in [6.07, 6.45) is 0.659. The minimum Gasteiger partial charge on any atom is -0.290 e. The molecular weight excluding hydrogens is 357 g/mol. The fraction of sp³-hybridized carbons (Fsp3) is 0.0556. The summed E-state index contributed by atoms with van der Waals surface area (Å²) < 4.78 is 40.5. The number of tetrazole rings is 1. The zero-order chi connectivity index (χ0) is 18.9. The van der Waals surface area contributed by atoms with Gasteiger partial charge >= 0.3 is 6.18 Å². The summed E-state index contributed by atoms with van der Waals surface area (Å²) in [7, 11) is 0. The minimum absolute atomic E-state index is 0.338. The number of anilines is 1. The lowest BCUT2D eigenvalue weighted by atomic mass is 10.2. The first-order valence-corrected chi connectivity index (χ1v) is 7.98. The number of para-hydroxylation sites is 1. The van der Waals surface area contributed by atoms with Crippen LogP contribution < -0.4 is 10.4 Å². The van der Waals surface area contributed by atoms with Crippen molar-refractivity contribution in [2.75, 3.05) is 5.01 Å². The average Bonchev–Trinajstić information content (AvgIpc) is 3.18. The van der Waals surface area contributed by atoms with E-state index in [0.717, 1.165) is 17.8 Å². The van der Waals surface area contributed by atoms with Gasteiger partial charge in [0.15, 0.2) is 0 Å². The largest absolute Gasteiger partial charge is 0.416 e. The molecule has 0 spiro atoms. The molecule has 1 N–H and O–H groups in total. The van der Waals surface area contributed by atoms with Crippen LogP contribution in [0.4, 0.5) is 18.9 Å². The maximum Gasteiger partial charge on any atom is 0.416 e. The first kappa shape index (κ1) is 16.8. The predicted molar refractivity (Wildman–Crippen MR) is 93.3 cm³/mol. The molecule has 2 heterocycles. The maximum atomic E-state index is 13.0. The van der Waals surface area contributed by atoms with Crippen molar-refractivity contribution in [1.29, 1.82) is 0 Å². The van der Waals surface area contributed by atoms with Crippen LogP contribution in [0.1, 0.15) is 11.4 Å². The summed E-state index contributed by atoms with van der Waals surface area (Å²) in [6.45, 7) is 0. The van der Waals surface area contributed by atoms with E-state index in [9.17, 15) is 13.2 Å². The molecule has 4 rings (SSSR count). The van der Waals surface area contributed by atoms with Crippen molar-refractivity contribution in [2.24, 2.45) is 0 Å². The SMILES string of the molecule is FC(F)(F)c1cccc(N2C=CC=C(c3nnnn3-c3ccccc3)N2)c1. The number of aromatic nitrogens is 4. The number of allylic oxidation sites excluding steroid dienone is 2. The highest BCUT2D eigenvalue weighted by Crippen LogP contribution is 2.32. The average molecular weight is 370 g/mol. The Kier molecular flexibility index (Phi) is 4.11. The molecule has 0 unspecified atom stereocenters. The third kappa shape index (κ3) is 3.39. The summed E-state index contributed by atoms with van der Waals surface area (Å²) in [5.74, 6) is 0.433. The first-order chi connectivity index (χ1) is 13.0. The lowest BCUT2D eigenvalue weighted by Crippen LogP contribution is -2.34. The van der Waals surface area contributed by atoms with Gasteiger partial charge in [-0.15, -0.1) is 5.10 Å². The van der Waals surface area contributed by atoms with E-state index in [1.807, 2.05) is 30.3 Å². The van der Waals surface area contributed by atoms with Crippen LogP contribution in [0.25, 0.3) is 11.4 Å². The van der Waals surface area contributed by atoms with Crippen LogP contribution in [0, 0.1) is 0 Å². The predicted octanol–water partition coefficient (Wildman–Crippen LogP) is 3.56. The van der Waals surface area contributed by atoms with Gasteiger partial charge in [0.2, 0.25) is 5.82 Å². The van der Waals surface area contributed by atoms with E-state index in [0.29, 0.717) is 17.2 Å². The van der Waals surface area contributed by atoms with Crippen molar-refractivity contribution >= 4 is 11.4 Å². The number of rotatable bonds is 3. The number of hydrogen-bond donors (Lipinski definition) is 1. The van der Waals surface area contributed by atoms with Gasteiger partial charge in [-0.25, -0.2) is 0 Å². The summed E-state index contributed by atoms with van der Waals surface area (Å²) >= 11 is 0. The van der Waals surface area contributed by atoms with Gasteiger partial charge in [-0.3, -0.25) is 10.4 Å². The molecular formula is C18H13F3N6. The molecule has 0 saturated carbocycles. The van der Waals surface area contributed by atoms with Gasteiger partial charge in [-0.1, -0.05) is 24.3 Å². The Hall–Kier alpha value is -3.62. The Balaban J connectivity index is 1.63. The van der Waals surface area contributed by atoms with Gasteiger partial charge in [0.25, 0.3) is 0 Å². The van der Waals surface area contributed by atoms with Crippen LogP contribution in [0.3, 0.4) is 0 Å². The van der Waals surface area contributed by atoms with E-state index in [2.05, 4.69) is 21.0 Å². The number of nitrogens with zero attached hydrogens (tertiary/aromatic N) is 5. The molecule has 0 amide bonds. The second-order valence-electron chi connectivity index (χ2n) is 5.70. The summed E-state index contributed by atoms with van der Waals surface area (Å²) in [4.78, 5) is 0. The molecule has 27 heavy (non-hydrogen) atoms. The van der Waals surface area contributed by atoms with Crippen LogP contribution in [0.15, 0.2) is 72.9 Å². The molecule has 0 aliphatic carbocycles. The maximum absolute atomic E-state index is 13.0. The molecule has 136 valence electrons. The molecule has 1 aliphatic rings. The van der Waals surface area contributed by atoms with Gasteiger partial charge in [0.05, 0.1) is 16.9 Å². The van der Waals surface area contributed by atoms with Gasteiger partial charge < -0.3 is 0 Å². The van der Waals surface area contributed by atoms with Crippen LogP contribution in [0.2, 0.25) is 0 Å². The zero-order valence-corrected chi connectivity index (χ0v) is 13.8. The van der Waals surface area contributed by atoms with Crippen LogP contribution in [-0.2, 0) is 6.18 Å². The van der Waals surface area contributed by atoms with Gasteiger partial charge in [-0.2, -0.15) is 17.9 Å². The Bertz CT molecular complexity index is 1010. The van der Waals surface area contributed by atoms with Crippen molar-refractivity contribution in [3.8, 4) is 5.69 Å². The van der Waals surface area contributed by atoms with E-state index in [1.165, 1.54) is 11.1 Å². The highest BCUT2D eigenvalue weighted by atomic mass is 19.4. The molecule has 0 fully saturated rings. The normalized spacial score (nSPS) is 14.0. The minimum atomic E-state index is -4.41. The van der Waals surface area contributed by atoms with Crippen molar-refractivity contribution in [1.82, 2.24) is 25.6 Å². The number of hydrogen-bond acceptors (Lipinski definition) is 5. The molecule has 2 aromatic carbocycles. The Morgan fingerprint density at radius 3 is 2.48 bits per heavy atom. The fourth-order valence-corrected chi connectivity index (χ4v) is 2.64. The van der Waals surface area contributed by atoms with Crippen molar-refractivity contribution < 1.29 is 13.2 Å². The number of benzene rings is 2. The van der Waals surface area contributed by atoms with Crippen LogP contribution in [-0.4, -0.2) is 20.2 Å². The number of hydrazine groups is 1. The molecule has 3 aromatic rings. The molecule has 1 aromatic heterocycles. The fourth-order valence-electron chi connectivity index (χ4n) is 2.64. The Morgan fingerprint density at radius 2 is 1.70 bits per heavy atom. The second kappa shape index (κ2) is 6.60. The van der Waals surface area contributed by atoms with Crippen molar-refractivity contribution in [3.63, 3.8) is 0 Å². The lowest BCUT2D eigenvalue weighted by Gasteiger charge is -2.26. The second-order valence-corrected chi connectivity index (χ2v) is 5.70. The van der Waals surface area contributed by atoms with Gasteiger partial charge in [0, 0.05) is 6.20 Å².